The summed E-state index contributed by atoms with van der Waals surface area (Å²) >= 11 is 13.8. The summed E-state index contributed by atoms with van der Waals surface area (Å²) in [6.45, 7) is 0. The van der Waals surface area contributed by atoms with E-state index in [1.165, 1.54) is 23.9 Å². The molecule has 0 bridgehead atoms. The number of rotatable bonds is 3. The third kappa shape index (κ3) is 2.96. The van der Waals surface area contributed by atoms with Crippen LogP contribution in [0.4, 0.5) is 5.69 Å². The molecule has 2 aromatic carbocycles. The molecule has 0 aliphatic carbocycles. The standard InChI is InChI=1S/C16H9Cl2N5O2S/c17-12-6-2-5-11(14(12)18)15-19-20-16-22(15)21-13(8-26-16)9-3-1-4-10(7-9)23(24)25/h1-7H,8H2. The van der Waals surface area contributed by atoms with Crippen molar-refractivity contribution in [2.75, 3.05) is 5.75 Å². The van der Waals surface area contributed by atoms with E-state index in [1.807, 2.05) is 0 Å². The van der Waals surface area contributed by atoms with E-state index < -0.39 is 4.92 Å². The van der Waals surface area contributed by atoms with Crippen molar-refractivity contribution in [1.82, 2.24) is 14.9 Å². The molecular formula is C16H9Cl2N5O2S. The van der Waals surface area contributed by atoms with Gasteiger partial charge in [-0.2, -0.15) is 9.78 Å². The lowest BCUT2D eigenvalue weighted by atomic mass is 10.1. The molecule has 0 spiro atoms. The van der Waals surface area contributed by atoms with Crippen molar-refractivity contribution < 1.29 is 4.92 Å². The molecule has 0 N–H and O–H groups in total. The van der Waals surface area contributed by atoms with Gasteiger partial charge in [-0.25, -0.2) is 0 Å². The molecular weight excluding hydrogens is 397 g/mol. The molecule has 130 valence electrons. The van der Waals surface area contributed by atoms with Gasteiger partial charge in [0.1, 0.15) is 0 Å². The van der Waals surface area contributed by atoms with Crippen molar-refractivity contribution >= 4 is 46.4 Å². The Kier molecular flexibility index (Phi) is 4.39. The first kappa shape index (κ1) is 17.0. The van der Waals surface area contributed by atoms with Gasteiger partial charge in [0.15, 0.2) is 5.82 Å². The monoisotopic (exact) mass is 405 g/mol. The van der Waals surface area contributed by atoms with Gasteiger partial charge in [-0.3, -0.25) is 10.1 Å². The predicted octanol–water partition coefficient (Wildman–Crippen LogP) is 4.52. The van der Waals surface area contributed by atoms with Crippen LogP contribution in [0.5, 0.6) is 0 Å². The molecule has 0 radical (unpaired) electrons. The molecule has 0 atom stereocenters. The molecule has 0 fully saturated rings. The smallest absolute Gasteiger partial charge is 0.258 e. The highest BCUT2D eigenvalue weighted by Gasteiger charge is 2.23. The summed E-state index contributed by atoms with van der Waals surface area (Å²) in [5, 5.41) is 25.3. The van der Waals surface area contributed by atoms with Crippen LogP contribution in [0, 0.1) is 10.1 Å². The average molecular weight is 406 g/mol. The summed E-state index contributed by atoms with van der Waals surface area (Å²) in [6, 6.07) is 11.6. The lowest BCUT2D eigenvalue weighted by Gasteiger charge is -2.14. The van der Waals surface area contributed by atoms with Gasteiger partial charge in [-0.1, -0.05) is 53.2 Å². The Morgan fingerprint density at radius 1 is 1.15 bits per heavy atom. The largest absolute Gasteiger partial charge is 0.270 e. The summed E-state index contributed by atoms with van der Waals surface area (Å²) in [7, 11) is 0. The van der Waals surface area contributed by atoms with Gasteiger partial charge < -0.3 is 0 Å². The number of fused-ring (bicyclic) bond motifs is 1. The lowest BCUT2D eigenvalue weighted by Crippen LogP contribution is -2.14. The van der Waals surface area contributed by atoms with Crippen LogP contribution in [0.1, 0.15) is 5.56 Å². The van der Waals surface area contributed by atoms with E-state index in [0.29, 0.717) is 43.6 Å². The van der Waals surface area contributed by atoms with E-state index in [0.717, 1.165) is 0 Å². The molecule has 26 heavy (non-hydrogen) atoms. The van der Waals surface area contributed by atoms with Crippen molar-refractivity contribution in [3.05, 3.63) is 68.2 Å². The fourth-order valence-electron chi connectivity index (χ4n) is 2.51. The van der Waals surface area contributed by atoms with E-state index in [1.54, 1.807) is 35.0 Å². The highest BCUT2D eigenvalue weighted by molar-refractivity contribution is 7.99. The Morgan fingerprint density at radius 2 is 1.96 bits per heavy atom. The molecule has 3 aromatic rings. The minimum absolute atomic E-state index is 0.0165. The fraction of sp³-hybridized carbons (Fsp3) is 0.0625. The van der Waals surface area contributed by atoms with E-state index in [4.69, 9.17) is 23.2 Å². The van der Waals surface area contributed by atoms with Gasteiger partial charge in [0, 0.05) is 29.0 Å². The first-order valence-corrected chi connectivity index (χ1v) is 9.14. The molecule has 1 aliphatic rings. The van der Waals surface area contributed by atoms with E-state index in [2.05, 4.69) is 15.3 Å². The van der Waals surface area contributed by atoms with Gasteiger partial charge in [-0.05, 0) is 12.1 Å². The topological polar surface area (TPSA) is 86.2 Å². The molecule has 2 heterocycles. The normalized spacial score (nSPS) is 13.2. The number of thioether (sulfide) groups is 1. The number of halogens is 2. The quantitative estimate of drug-likeness (QED) is 0.472. The number of hydrogen-bond donors (Lipinski definition) is 0. The van der Waals surface area contributed by atoms with Crippen molar-refractivity contribution in [3.63, 3.8) is 0 Å². The first-order valence-electron chi connectivity index (χ1n) is 7.40. The van der Waals surface area contributed by atoms with Gasteiger partial charge in [0.2, 0.25) is 5.16 Å². The van der Waals surface area contributed by atoms with Gasteiger partial charge in [0.25, 0.3) is 5.69 Å². The SMILES string of the molecule is O=[N+]([O-])c1cccc(C2=Nn3c(nnc3-c3cccc(Cl)c3Cl)SC2)c1. The lowest BCUT2D eigenvalue weighted by molar-refractivity contribution is -0.384. The average Bonchev–Trinajstić information content (AvgIpc) is 3.07. The zero-order valence-electron chi connectivity index (χ0n) is 13.0. The molecule has 0 unspecified atom stereocenters. The summed E-state index contributed by atoms with van der Waals surface area (Å²) < 4.78 is 1.58. The highest BCUT2D eigenvalue weighted by atomic mass is 35.5. The predicted molar refractivity (Wildman–Crippen MR) is 101 cm³/mol. The summed E-state index contributed by atoms with van der Waals surface area (Å²) in [4.78, 5) is 10.6. The minimum atomic E-state index is -0.429. The Balaban J connectivity index is 1.82. The zero-order valence-corrected chi connectivity index (χ0v) is 15.3. The van der Waals surface area contributed by atoms with Crippen molar-refractivity contribution in [3.8, 4) is 11.4 Å². The van der Waals surface area contributed by atoms with Crippen LogP contribution in [0.3, 0.4) is 0 Å². The maximum atomic E-state index is 11.0. The highest BCUT2D eigenvalue weighted by Crippen LogP contribution is 2.35. The molecule has 10 heteroatoms. The van der Waals surface area contributed by atoms with E-state index in [-0.39, 0.29) is 5.69 Å². The summed E-state index contributed by atoms with van der Waals surface area (Å²) in [6.07, 6.45) is 0. The van der Waals surface area contributed by atoms with Crippen LogP contribution < -0.4 is 0 Å². The Morgan fingerprint density at radius 3 is 2.77 bits per heavy atom. The molecule has 1 aromatic heterocycles. The number of nitrogens with zero attached hydrogens (tertiary/aromatic N) is 5. The van der Waals surface area contributed by atoms with Crippen LogP contribution in [0.25, 0.3) is 11.4 Å². The van der Waals surface area contributed by atoms with Crippen LogP contribution in [-0.2, 0) is 0 Å². The van der Waals surface area contributed by atoms with Crippen LogP contribution >= 0.6 is 35.0 Å². The Labute approximate surface area is 161 Å². The van der Waals surface area contributed by atoms with Gasteiger partial charge >= 0.3 is 0 Å². The molecule has 7 nitrogen and oxygen atoms in total. The molecule has 0 saturated carbocycles. The number of hydrogen-bond acceptors (Lipinski definition) is 6. The summed E-state index contributed by atoms with van der Waals surface area (Å²) in [5.74, 6) is 0.991. The summed E-state index contributed by atoms with van der Waals surface area (Å²) in [5.41, 5.74) is 1.99. The third-order valence-corrected chi connectivity index (χ3v) is 5.50. The second-order valence-electron chi connectivity index (χ2n) is 5.36. The fourth-order valence-corrected chi connectivity index (χ4v) is 3.74. The molecule has 0 amide bonds. The molecule has 1 aliphatic heterocycles. The second kappa shape index (κ2) is 6.71. The third-order valence-electron chi connectivity index (χ3n) is 3.75. The van der Waals surface area contributed by atoms with Crippen molar-refractivity contribution in [2.45, 2.75) is 5.16 Å². The number of non-ortho nitro benzene ring substituents is 1. The van der Waals surface area contributed by atoms with Crippen LogP contribution in [-0.4, -0.2) is 31.3 Å². The maximum Gasteiger partial charge on any atom is 0.270 e. The maximum absolute atomic E-state index is 11.0. The Bertz CT molecular complexity index is 1070. The van der Waals surface area contributed by atoms with Crippen LogP contribution in [0.15, 0.2) is 52.7 Å². The molecule has 0 saturated heterocycles. The number of benzene rings is 2. The van der Waals surface area contributed by atoms with Gasteiger partial charge in [0.05, 0.1) is 20.7 Å². The minimum Gasteiger partial charge on any atom is -0.258 e. The van der Waals surface area contributed by atoms with E-state index >= 15 is 0 Å². The van der Waals surface area contributed by atoms with Crippen LogP contribution in [0.2, 0.25) is 10.0 Å². The van der Waals surface area contributed by atoms with Crippen molar-refractivity contribution in [2.24, 2.45) is 5.10 Å². The Hall–Kier alpha value is -2.42. The van der Waals surface area contributed by atoms with E-state index in [9.17, 15) is 10.1 Å². The van der Waals surface area contributed by atoms with Crippen molar-refractivity contribution in [1.29, 1.82) is 0 Å². The van der Waals surface area contributed by atoms with Gasteiger partial charge in [-0.15, -0.1) is 10.2 Å². The first-order chi connectivity index (χ1) is 12.5. The second-order valence-corrected chi connectivity index (χ2v) is 7.09. The number of nitro benzene ring substituents is 1. The number of nitro groups is 1. The zero-order chi connectivity index (χ0) is 18.3. The molecule has 4 rings (SSSR count). The number of aromatic nitrogens is 3.